The molecule has 92 valence electrons. The predicted octanol–water partition coefficient (Wildman–Crippen LogP) is -0.116. The van der Waals surface area contributed by atoms with Crippen molar-refractivity contribution in [1.82, 2.24) is 10.2 Å². The zero-order chi connectivity index (χ0) is 12.3. The van der Waals surface area contributed by atoms with Gasteiger partial charge in [0.1, 0.15) is 11.6 Å². The van der Waals surface area contributed by atoms with Gasteiger partial charge in [-0.1, -0.05) is 0 Å². The first-order valence-corrected chi connectivity index (χ1v) is 5.64. The number of aliphatic hydroxyl groups is 1. The SMILES string of the molecule is CC(NC(=O)C(C)(C)O)C(=O)N1CCCC1. The maximum Gasteiger partial charge on any atom is 0.252 e. The third kappa shape index (κ3) is 3.20. The zero-order valence-corrected chi connectivity index (χ0v) is 10.1. The number of carbonyl (C=O) groups is 2. The molecule has 1 saturated heterocycles. The van der Waals surface area contributed by atoms with Gasteiger partial charge in [0.25, 0.3) is 5.91 Å². The lowest BCUT2D eigenvalue weighted by molar-refractivity contribution is -0.141. The number of carbonyl (C=O) groups excluding carboxylic acids is 2. The fourth-order valence-electron chi connectivity index (χ4n) is 1.65. The van der Waals surface area contributed by atoms with Gasteiger partial charge in [-0.15, -0.1) is 0 Å². The molecule has 5 nitrogen and oxygen atoms in total. The highest BCUT2D eigenvalue weighted by Gasteiger charge is 2.29. The Morgan fingerprint density at radius 3 is 2.25 bits per heavy atom. The molecule has 0 spiro atoms. The summed E-state index contributed by atoms with van der Waals surface area (Å²) in [5.41, 5.74) is -1.44. The predicted molar refractivity (Wildman–Crippen MR) is 59.7 cm³/mol. The van der Waals surface area contributed by atoms with E-state index in [-0.39, 0.29) is 5.91 Å². The average molecular weight is 228 g/mol. The van der Waals surface area contributed by atoms with E-state index in [1.54, 1.807) is 11.8 Å². The molecular weight excluding hydrogens is 208 g/mol. The van der Waals surface area contributed by atoms with Crippen molar-refractivity contribution in [3.05, 3.63) is 0 Å². The molecule has 1 heterocycles. The first-order chi connectivity index (χ1) is 7.32. The molecule has 1 rings (SSSR count). The molecule has 1 aliphatic heterocycles. The molecule has 0 aromatic carbocycles. The molecule has 0 aromatic heterocycles. The molecule has 16 heavy (non-hydrogen) atoms. The summed E-state index contributed by atoms with van der Waals surface area (Å²) in [6.07, 6.45) is 2.05. The summed E-state index contributed by atoms with van der Waals surface area (Å²) in [5, 5.41) is 12.0. The average Bonchev–Trinajstić information content (AvgIpc) is 2.67. The minimum atomic E-state index is -1.44. The summed E-state index contributed by atoms with van der Waals surface area (Å²) in [6.45, 7) is 5.97. The molecule has 0 aromatic rings. The van der Waals surface area contributed by atoms with Crippen LogP contribution in [0.2, 0.25) is 0 Å². The molecule has 0 bridgehead atoms. The second-order valence-electron chi connectivity index (χ2n) is 4.79. The van der Waals surface area contributed by atoms with E-state index in [1.165, 1.54) is 13.8 Å². The maximum absolute atomic E-state index is 11.8. The van der Waals surface area contributed by atoms with Crippen molar-refractivity contribution in [2.45, 2.75) is 45.3 Å². The molecular formula is C11H20N2O3. The van der Waals surface area contributed by atoms with Crippen LogP contribution >= 0.6 is 0 Å². The Hall–Kier alpha value is -1.10. The van der Waals surface area contributed by atoms with E-state index >= 15 is 0 Å². The molecule has 1 unspecified atom stereocenters. The zero-order valence-electron chi connectivity index (χ0n) is 10.1. The van der Waals surface area contributed by atoms with Crippen molar-refractivity contribution in [2.24, 2.45) is 0 Å². The van der Waals surface area contributed by atoms with Crippen molar-refractivity contribution < 1.29 is 14.7 Å². The minimum absolute atomic E-state index is 0.0740. The number of nitrogens with zero attached hydrogens (tertiary/aromatic N) is 1. The Labute approximate surface area is 95.8 Å². The lowest BCUT2D eigenvalue weighted by atomic mass is 10.1. The molecule has 1 fully saturated rings. The van der Waals surface area contributed by atoms with E-state index in [2.05, 4.69) is 5.32 Å². The Kier molecular flexibility index (Phi) is 3.91. The molecule has 1 aliphatic rings. The third-order valence-corrected chi connectivity index (χ3v) is 2.69. The van der Waals surface area contributed by atoms with E-state index in [0.29, 0.717) is 0 Å². The molecule has 1 atom stereocenters. The Balaban J connectivity index is 2.48. The standard InChI is InChI=1S/C11H20N2O3/c1-8(12-10(15)11(2,3)16)9(14)13-6-4-5-7-13/h8,16H,4-7H2,1-3H3,(H,12,15). The van der Waals surface area contributed by atoms with Gasteiger partial charge >= 0.3 is 0 Å². The summed E-state index contributed by atoms with van der Waals surface area (Å²) < 4.78 is 0. The molecule has 0 radical (unpaired) electrons. The number of amides is 2. The summed E-state index contributed by atoms with van der Waals surface area (Å²) in [5.74, 6) is -0.595. The first-order valence-electron chi connectivity index (χ1n) is 5.64. The van der Waals surface area contributed by atoms with Crippen molar-refractivity contribution in [1.29, 1.82) is 0 Å². The number of hydrogen-bond donors (Lipinski definition) is 2. The van der Waals surface area contributed by atoms with Crippen LogP contribution in [0.25, 0.3) is 0 Å². The second kappa shape index (κ2) is 4.82. The van der Waals surface area contributed by atoms with E-state index in [1.807, 2.05) is 0 Å². The largest absolute Gasteiger partial charge is 0.381 e. The van der Waals surface area contributed by atoms with Crippen LogP contribution in [0.5, 0.6) is 0 Å². The molecule has 2 amide bonds. The van der Waals surface area contributed by atoms with Gasteiger partial charge in [-0.05, 0) is 33.6 Å². The van der Waals surface area contributed by atoms with E-state index in [9.17, 15) is 14.7 Å². The van der Waals surface area contributed by atoms with Crippen LogP contribution < -0.4 is 5.32 Å². The highest BCUT2D eigenvalue weighted by molar-refractivity contribution is 5.90. The molecule has 0 aliphatic carbocycles. The van der Waals surface area contributed by atoms with Crippen LogP contribution in [0.4, 0.5) is 0 Å². The maximum atomic E-state index is 11.8. The highest BCUT2D eigenvalue weighted by Crippen LogP contribution is 2.09. The van der Waals surface area contributed by atoms with Gasteiger partial charge in [0.05, 0.1) is 0 Å². The quantitative estimate of drug-likeness (QED) is 0.708. The molecule has 0 saturated carbocycles. The smallest absolute Gasteiger partial charge is 0.252 e. The van der Waals surface area contributed by atoms with Crippen LogP contribution in [-0.2, 0) is 9.59 Å². The van der Waals surface area contributed by atoms with Crippen molar-refractivity contribution in [3.8, 4) is 0 Å². The summed E-state index contributed by atoms with van der Waals surface area (Å²) >= 11 is 0. The summed E-state index contributed by atoms with van der Waals surface area (Å²) in [6, 6.07) is -0.572. The van der Waals surface area contributed by atoms with Gasteiger partial charge in [0.15, 0.2) is 0 Å². The van der Waals surface area contributed by atoms with Gasteiger partial charge in [-0.25, -0.2) is 0 Å². The van der Waals surface area contributed by atoms with Crippen LogP contribution in [0, 0.1) is 0 Å². The number of hydrogen-bond acceptors (Lipinski definition) is 3. The van der Waals surface area contributed by atoms with Crippen LogP contribution in [0.15, 0.2) is 0 Å². The minimum Gasteiger partial charge on any atom is -0.381 e. The van der Waals surface area contributed by atoms with Crippen molar-refractivity contribution in [3.63, 3.8) is 0 Å². The van der Waals surface area contributed by atoms with E-state index < -0.39 is 17.6 Å². The number of rotatable bonds is 3. The number of nitrogens with one attached hydrogen (secondary N) is 1. The van der Waals surface area contributed by atoms with Crippen LogP contribution in [0.1, 0.15) is 33.6 Å². The van der Waals surface area contributed by atoms with Gasteiger partial charge in [0.2, 0.25) is 5.91 Å². The third-order valence-electron chi connectivity index (χ3n) is 2.69. The lowest BCUT2D eigenvalue weighted by Gasteiger charge is -2.24. The Bertz CT molecular complexity index is 277. The van der Waals surface area contributed by atoms with Gasteiger partial charge in [-0.3, -0.25) is 9.59 Å². The van der Waals surface area contributed by atoms with E-state index in [0.717, 1.165) is 25.9 Å². The first kappa shape index (κ1) is 13.0. The fraction of sp³-hybridized carbons (Fsp3) is 0.818. The number of likely N-dealkylation sites (tertiary alicyclic amines) is 1. The summed E-state index contributed by atoms with van der Waals surface area (Å²) in [7, 11) is 0. The second-order valence-corrected chi connectivity index (χ2v) is 4.79. The Morgan fingerprint density at radius 2 is 1.81 bits per heavy atom. The van der Waals surface area contributed by atoms with Crippen molar-refractivity contribution in [2.75, 3.05) is 13.1 Å². The van der Waals surface area contributed by atoms with Gasteiger partial charge < -0.3 is 15.3 Å². The van der Waals surface area contributed by atoms with Crippen molar-refractivity contribution >= 4 is 11.8 Å². The topological polar surface area (TPSA) is 69.6 Å². The summed E-state index contributed by atoms with van der Waals surface area (Å²) in [4.78, 5) is 25.0. The van der Waals surface area contributed by atoms with Gasteiger partial charge in [0, 0.05) is 13.1 Å². The van der Waals surface area contributed by atoms with Crippen LogP contribution in [0.3, 0.4) is 0 Å². The van der Waals surface area contributed by atoms with Gasteiger partial charge in [-0.2, -0.15) is 0 Å². The normalized spacial score (nSPS) is 18.4. The lowest BCUT2D eigenvalue weighted by Crippen LogP contribution is -2.51. The molecule has 2 N–H and O–H groups in total. The monoisotopic (exact) mass is 228 g/mol. The van der Waals surface area contributed by atoms with E-state index in [4.69, 9.17) is 0 Å². The molecule has 5 heteroatoms. The Morgan fingerprint density at radius 1 is 1.31 bits per heavy atom. The highest BCUT2D eigenvalue weighted by atomic mass is 16.3. The fourth-order valence-corrected chi connectivity index (χ4v) is 1.65. The van der Waals surface area contributed by atoms with Crippen LogP contribution in [-0.4, -0.2) is 46.6 Å².